The highest BCUT2D eigenvalue weighted by atomic mass is 35.5. The first-order chi connectivity index (χ1) is 12.5. The molecular formula is C18H16ClN5O3. The molecule has 0 unspecified atom stereocenters. The first-order valence-electron chi connectivity index (χ1n) is 7.62. The Morgan fingerprint density at radius 2 is 1.67 bits per heavy atom. The van der Waals surface area contributed by atoms with E-state index in [-0.39, 0.29) is 18.0 Å². The molecule has 0 radical (unpaired) electrons. The third-order valence-electron chi connectivity index (χ3n) is 3.50. The summed E-state index contributed by atoms with van der Waals surface area (Å²) in [6, 6.07) is 14.7. The van der Waals surface area contributed by atoms with Gasteiger partial charge in [-0.15, -0.1) is 12.4 Å². The standard InChI is InChI=1S/C18H15N5O3.ClH/c19-16(24)11-5-7-12(8-6-11)21-18-20-10-9-15(23-18)22-14-4-2-1-3-13(14)17(25)26;/h1-10H,(H2,19,24)(H,25,26)(H2,20,21,22,23);1H. The van der Waals surface area contributed by atoms with Crippen molar-refractivity contribution in [1.82, 2.24) is 9.97 Å². The number of para-hydroxylation sites is 1. The Balaban J connectivity index is 0.00000261. The van der Waals surface area contributed by atoms with Crippen molar-refractivity contribution in [2.75, 3.05) is 10.6 Å². The number of nitrogens with two attached hydrogens (primary N) is 1. The molecule has 8 nitrogen and oxygen atoms in total. The van der Waals surface area contributed by atoms with Crippen molar-refractivity contribution < 1.29 is 14.7 Å². The van der Waals surface area contributed by atoms with E-state index in [1.54, 1.807) is 54.7 Å². The Bertz CT molecular complexity index is 963. The molecule has 9 heteroatoms. The van der Waals surface area contributed by atoms with Crippen LogP contribution in [0.15, 0.2) is 60.8 Å². The summed E-state index contributed by atoms with van der Waals surface area (Å²) in [6.45, 7) is 0. The summed E-state index contributed by atoms with van der Waals surface area (Å²) in [5.74, 6) is -0.786. The van der Waals surface area contributed by atoms with Gasteiger partial charge in [-0.25, -0.2) is 9.78 Å². The zero-order valence-corrected chi connectivity index (χ0v) is 14.7. The number of nitrogens with one attached hydrogen (secondary N) is 2. The van der Waals surface area contributed by atoms with Crippen molar-refractivity contribution in [3.8, 4) is 0 Å². The van der Waals surface area contributed by atoms with E-state index < -0.39 is 11.9 Å². The second-order valence-corrected chi connectivity index (χ2v) is 5.31. The number of halogens is 1. The Morgan fingerprint density at radius 3 is 2.33 bits per heavy atom. The molecule has 0 fully saturated rings. The number of hydrogen-bond acceptors (Lipinski definition) is 6. The fraction of sp³-hybridized carbons (Fsp3) is 0. The van der Waals surface area contributed by atoms with Crippen LogP contribution in [0.2, 0.25) is 0 Å². The maximum absolute atomic E-state index is 11.3. The molecule has 0 aliphatic carbocycles. The lowest BCUT2D eigenvalue weighted by Gasteiger charge is -2.10. The number of hydrogen-bond donors (Lipinski definition) is 4. The number of carboxylic acids is 1. The topological polar surface area (TPSA) is 130 Å². The second kappa shape index (κ2) is 8.63. The molecule has 0 atom stereocenters. The van der Waals surface area contributed by atoms with Gasteiger partial charge in [-0.05, 0) is 42.5 Å². The lowest BCUT2D eigenvalue weighted by atomic mass is 10.2. The first kappa shape index (κ1) is 19.7. The normalized spacial score (nSPS) is 9.78. The van der Waals surface area contributed by atoms with E-state index in [9.17, 15) is 14.7 Å². The lowest BCUT2D eigenvalue weighted by Crippen LogP contribution is -2.10. The Hall–Kier alpha value is -3.65. The summed E-state index contributed by atoms with van der Waals surface area (Å²) < 4.78 is 0. The number of aromatic carboxylic acids is 1. The number of rotatable bonds is 6. The minimum Gasteiger partial charge on any atom is -0.478 e. The highest BCUT2D eigenvalue weighted by molar-refractivity contribution is 5.95. The molecule has 0 bridgehead atoms. The van der Waals surface area contributed by atoms with Gasteiger partial charge in [0.2, 0.25) is 11.9 Å². The first-order valence-corrected chi connectivity index (χ1v) is 7.62. The predicted molar refractivity (Wildman–Crippen MR) is 104 cm³/mol. The Labute approximate surface area is 160 Å². The summed E-state index contributed by atoms with van der Waals surface area (Å²) in [7, 11) is 0. The van der Waals surface area contributed by atoms with Crippen LogP contribution in [0.3, 0.4) is 0 Å². The largest absolute Gasteiger partial charge is 0.478 e. The summed E-state index contributed by atoms with van der Waals surface area (Å²) in [5.41, 5.74) is 6.86. The second-order valence-electron chi connectivity index (χ2n) is 5.31. The molecule has 0 aliphatic rings. The molecule has 2 aromatic carbocycles. The molecule has 0 spiro atoms. The van der Waals surface area contributed by atoms with Gasteiger partial charge in [-0.2, -0.15) is 4.98 Å². The smallest absolute Gasteiger partial charge is 0.337 e. The van der Waals surface area contributed by atoms with Crippen molar-refractivity contribution in [3.63, 3.8) is 0 Å². The van der Waals surface area contributed by atoms with Crippen molar-refractivity contribution in [1.29, 1.82) is 0 Å². The van der Waals surface area contributed by atoms with E-state index in [1.165, 1.54) is 6.07 Å². The molecule has 0 aliphatic heterocycles. The van der Waals surface area contributed by atoms with E-state index in [2.05, 4.69) is 20.6 Å². The molecule has 3 aromatic rings. The molecule has 1 amide bonds. The third kappa shape index (κ3) is 4.93. The van der Waals surface area contributed by atoms with E-state index in [0.29, 0.717) is 28.7 Å². The number of anilines is 4. The van der Waals surface area contributed by atoms with E-state index in [1.807, 2.05) is 0 Å². The molecular weight excluding hydrogens is 370 g/mol. The van der Waals surface area contributed by atoms with Gasteiger partial charge in [0.1, 0.15) is 5.82 Å². The van der Waals surface area contributed by atoms with Gasteiger partial charge >= 0.3 is 5.97 Å². The number of carbonyl (C=O) groups excluding carboxylic acids is 1. The summed E-state index contributed by atoms with van der Waals surface area (Å²) >= 11 is 0. The molecule has 3 rings (SSSR count). The minimum atomic E-state index is -1.03. The maximum Gasteiger partial charge on any atom is 0.337 e. The van der Waals surface area contributed by atoms with Crippen LogP contribution in [0.4, 0.5) is 23.1 Å². The van der Waals surface area contributed by atoms with Crippen LogP contribution < -0.4 is 16.4 Å². The number of carbonyl (C=O) groups is 2. The van der Waals surface area contributed by atoms with Crippen LogP contribution >= 0.6 is 12.4 Å². The van der Waals surface area contributed by atoms with Gasteiger partial charge in [0.25, 0.3) is 0 Å². The van der Waals surface area contributed by atoms with Crippen molar-refractivity contribution in [2.24, 2.45) is 5.73 Å². The van der Waals surface area contributed by atoms with Gasteiger partial charge in [-0.1, -0.05) is 12.1 Å². The molecule has 1 heterocycles. The van der Waals surface area contributed by atoms with E-state index in [4.69, 9.17) is 5.73 Å². The zero-order valence-electron chi connectivity index (χ0n) is 13.9. The monoisotopic (exact) mass is 385 g/mol. The fourth-order valence-corrected chi connectivity index (χ4v) is 2.25. The predicted octanol–water partition coefficient (Wildman–Crippen LogP) is 3.18. The molecule has 138 valence electrons. The maximum atomic E-state index is 11.3. The summed E-state index contributed by atoms with van der Waals surface area (Å²) in [5, 5.41) is 15.2. The quantitative estimate of drug-likeness (QED) is 0.512. The minimum absolute atomic E-state index is 0. The zero-order chi connectivity index (χ0) is 18.5. The highest BCUT2D eigenvalue weighted by Gasteiger charge is 2.10. The molecule has 5 N–H and O–H groups in total. The number of amides is 1. The van der Waals surface area contributed by atoms with E-state index >= 15 is 0 Å². The molecule has 27 heavy (non-hydrogen) atoms. The number of benzene rings is 2. The fourth-order valence-electron chi connectivity index (χ4n) is 2.25. The van der Waals surface area contributed by atoms with Crippen LogP contribution in [0.1, 0.15) is 20.7 Å². The van der Waals surface area contributed by atoms with Crippen LogP contribution in [-0.4, -0.2) is 27.0 Å². The number of aromatic nitrogens is 2. The number of nitrogens with zero attached hydrogens (tertiary/aromatic N) is 2. The van der Waals surface area contributed by atoms with Gasteiger partial charge in [0.15, 0.2) is 0 Å². The van der Waals surface area contributed by atoms with Crippen molar-refractivity contribution in [2.45, 2.75) is 0 Å². The highest BCUT2D eigenvalue weighted by Crippen LogP contribution is 2.21. The Morgan fingerprint density at radius 1 is 0.963 bits per heavy atom. The van der Waals surface area contributed by atoms with Crippen LogP contribution in [0.25, 0.3) is 0 Å². The van der Waals surface area contributed by atoms with Gasteiger partial charge in [0, 0.05) is 17.4 Å². The lowest BCUT2D eigenvalue weighted by molar-refractivity contribution is 0.0697. The number of primary amides is 1. The average Bonchev–Trinajstić information content (AvgIpc) is 2.63. The molecule has 0 saturated heterocycles. The number of carboxylic acid groups (broad SMARTS) is 1. The van der Waals surface area contributed by atoms with Crippen molar-refractivity contribution >= 4 is 47.4 Å². The molecule has 1 aromatic heterocycles. The van der Waals surface area contributed by atoms with Gasteiger partial charge < -0.3 is 21.5 Å². The van der Waals surface area contributed by atoms with Gasteiger partial charge in [-0.3, -0.25) is 4.79 Å². The van der Waals surface area contributed by atoms with Gasteiger partial charge in [0.05, 0.1) is 11.3 Å². The third-order valence-corrected chi connectivity index (χ3v) is 3.50. The van der Waals surface area contributed by atoms with Crippen LogP contribution in [-0.2, 0) is 0 Å². The van der Waals surface area contributed by atoms with Crippen molar-refractivity contribution in [3.05, 3.63) is 71.9 Å². The Kier molecular flexibility index (Phi) is 6.29. The summed E-state index contributed by atoms with van der Waals surface area (Å²) in [4.78, 5) is 30.8. The summed E-state index contributed by atoms with van der Waals surface area (Å²) in [6.07, 6.45) is 1.54. The SMILES string of the molecule is Cl.NC(=O)c1ccc(Nc2nccc(Nc3ccccc3C(=O)O)n2)cc1. The average molecular weight is 386 g/mol. The van der Waals surface area contributed by atoms with Crippen LogP contribution in [0.5, 0.6) is 0 Å². The van der Waals surface area contributed by atoms with E-state index in [0.717, 1.165) is 0 Å². The van der Waals surface area contributed by atoms with Crippen LogP contribution in [0, 0.1) is 0 Å². The molecule has 0 saturated carbocycles.